The molecule has 2 aromatic rings. The fourth-order valence-corrected chi connectivity index (χ4v) is 2.32. The molecule has 3 nitrogen and oxygen atoms in total. The number of hydrogen-bond acceptors (Lipinski definition) is 2. The molecular weight excluding hydrogens is 286 g/mol. The van der Waals surface area contributed by atoms with Crippen molar-refractivity contribution in [2.45, 2.75) is 46.1 Å². The van der Waals surface area contributed by atoms with Crippen molar-refractivity contribution in [2.75, 3.05) is 5.32 Å². The van der Waals surface area contributed by atoms with Gasteiger partial charge in [-0.1, -0.05) is 38.1 Å². The van der Waals surface area contributed by atoms with E-state index in [4.69, 9.17) is 4.74 Å². The van der Waals surface area contributed by atoms with E-state index in [1.165, 1.54) is 5.56 Å². The van der Waals surface area contributed by atoms with Crippen molar-refractivity contribution in [3.63, 3.8) is 0 Å². The van der Waals surface area contributed by atoms with Crippen LogP contribution in [0.3, 0.4) is 0 Å². The van der Waals surface area contributed by atoms with Gasteiger partial charge in [0, 0.05) is 5.69 Å². The maximum Gasteiger partial charge on any atom is 0.265 e. The summed E-state index contributed by atoms with van der Waals surface area (Å²) in [4.78, 5) is 12.2. The van der Waals surface area contributed by atoms with Crippen molar-refractivity contribution < 1.29 is 9.53 Å². The highest BCUT2D eigenvalue weighted by molar-refractivity contribution is 5.94. The van der Waals surface area contributed by atoms with Crippen LogP contribution >= 0.6 is 0 Å². The lowest BCUT2D eigenvalue weighted by molar-refractivity contribution is -0.122. The van der Waals surface area contributed by atoms with Gasteiger partial charge in [0.2, 0.25) is 0 Å². The van der Waals surface area contributed by atoms with E-state index in [1.807, 2.05) is 43.3 Å². The van der Waals surface area contributed by atoms with E-state index in [1.54, 1.807) is 6.92 Å². The second kappa shape index (κ2) is 7.82. The average Bonchev–Trinajstić information content (AvgIpc) is 2.54. The summed E-state index contributed by atoms with van der Waals surface area (Å²) < 4.78 is 5.70. The van der Waals surface area contributed by atoms with Crippen molar-refractivity contribution in [3.8, 4) is 5.75 Å². The average molecular weight is 311 g/mol. The molecule has 1 N–H and O–H groups in total. The van der Waals surface area contributed by atoms with Gasteiger partial charge >= 0.3 is 0 Å². The van der Waals surface area contributed by atoms with Crippen LogP contribution in [0.5, 0.6) is 5.75 Å². The first-order chi connectivity index (χ1) is 11.0. The molecule has 0 aliphatic carbocycles. The first-order valence-electron chi connectivity index (χ1n) is 8.13. The Bertz CT molecular complexity index is 649. The van der Waals surface area contributed by atoms with E-state index in [-0.39, 0.29) is 5.91 Å². The molecule has 0 bridgehead atoms. The van der Waals surface area contributed by atoms with Gasteiger partial charge in [-0.2, -0.15) is 0 Å². The molecule has 1 amide bonds. The number of rotatable bonds is 6. The largest absolute Gasteiger partial charge is 0.481 e. The summed E-state index contributed by atoms with van der Waals surface area (Å²) in [6, 6.07) is 15.7. The van der Waals surface area contributed by atoms with Gasteiger partial charge in [0.15, 0.2) is 6.10 Å². The van der Waals surface area contributed by atoms with Gasteiger partial charge in [0.25, 0.3) is 5.91 Å². The second-order valence-corrected chi connectivity index (χ2v) is 6.00. The smallest absolute Gasteiger partial charge is 0.265 e. The fraction of sp³-hybridized carbons (Fsp3) is 0.350. The standard InChI is InChI=1S/C20H25NO2/c1-5-15(3)17-9-11-18(12-10-17)21-20(22)16(4)23-19-8-6-7-14(2)13-19/h6-13,15-16H,5H2,1-4H3,(H,21,22)/t15-,16+/m0/s1. The van der Waals surface area contributed by atoms with Gasteiger partial charge in [-0.05, 0) is 61.6 Å². The van der Waals surface area contributed by atoms with E-state index in [0.717, 1.165) is 17.7 Å². The lowest BCUT2D eigenvalue weighted by Gasteiger charge is -2.16. The number of carbonyl (C=O) groups is 1. The van der Waals surface area contributed by atoms with Crippen LogP contribution in [0.4, 0.5) is 5.69 Å². The molecule has 0 spiro atoms. The van der Waals surface area contributed by atoms with Crippen LogP contribution in [0.25, 0.3) is 0 Å². The lowest BCUT2D eigenvalue weighted by Crippen LogP contribution is -2.30. The maximum absolute atomic E-state index is 12.2. The van der Waals surface area contributed by atoms with Crippen molar-refractivity contribution in [2.24, 2.45) is 0 Å². The molecule has 23 heavy (non-hydrogen) atoms. The number of anilines is 1. The number of hydrogen-bond donors (Lipinski definition) is 1. The van der Waals surface area contributed by atoms with E-state index in [0.29, 0.717) is 11.7 Å². The van der Waals surface area contributed by atoms with E-state index in [2.05, 4.69) is 31.3 Å². The van der Waals surface area contributed by atoms with Crippen LogP contribution < -0.4 is 10.1 Å². The Morgan fingerprint density at radius 1 is 1.13 bits per heavy atom. The van der Waals surface area contributed by atoms with Crippen molar-refractivity contribution >= 4 is 11.6 Å². The van der Waals surface area contributed by atoms with Crippen molar-refractivity contribution in [3.05, 3.63) is 59.7 Å². The molecule has 3 heteroatoms. The molecule has 0 saturated carbocycles. The van der Waals surface area contributed by atoms with Gasteiger partial charge in [0.05, 0.1) is 0 Å². The van der Waals surface area contributed by atoms with Crippen molar-refractivity contribution in [1.82, 2.24) is 0 Å². The van der Waals surface area contributed by atoms with Gasteiger partial charge in [0.1, 0.15) is 5.75 Å². The molecule has 122 valence electrons. The number of aryl methyl sites for hydroxylation is 1. The highest BCUT2D eigenvalue weighted by Gasteiger charge is 2.15. The van der Waals surface area contributed by atoms with E-state index < -0.39 is 6.10 Å². The quantitative estimate of drug-likeness (QED) is 0.822. The molecule has 0 aliphatic heterocycles. The first-order valence-corrected chi connectivity index (χ1v) is 8.13. The molecule has 0 aliphatic rings. The number of ether oxygens (including phenoxy) is 1. The normalized spacial score (nSPS) is 13.2. The third kappa shape index (κ3) is 4.85. The summed E-state index contributed by atoms with van der Waals surface area (Å²) in [5.74, 6) is 1.09. The first kappa shape index (κ1) is 17.1. The monoisotopic (exact) mass is 311 g/mol. The Morgan fingerprint density at radius 3 is 2.43 bits per heavy atom. The molecular formula is C20H25NO2. The van der Waals surface area contributed by atoms with Crippen LogP contribution in [0.1, 0.15) is 44.2 Å². The lowest BCUT2D eigenvalue weighted by atomic mass is 9.99. The zero-order chi connectivity index (χ0) is 16.8. The predicted molar refractivity (Wildman–Crippen MR) is 95.0 cm³/mol. The summed E-state index contributed by atoms with van der Waals surface area (Å²) in [6.07, 6.45) is 0.554. The molecule has 0 saturated heterocycles. The highest BCUT2D eigenvalue weighted by Crippen LogP contribution is 2.21. The Morgan fingerprint density at radius 2 is 1.83 bits per heavy atom. The molecule has 2 rings (SSSR count). The molecule has 2 aromatic carbocycles. The summed E-state index contributed by atoms with van der Waals surface area (Å²) >= 11 is 0. The summed E-state index contributed by atoms with van der Waals surface area (Å²) in [5.41, 5.74) is 3.19. The zero-order valence-electron chi connectivity index (χ0n) is 14.3. The Hall–Kier alpha value is -2.29. The third-order valence-electron chi connectivity index (χ3n) is 4.03. The molecule has 0 fully saturated rings. The fourth-order valence-electron chi connectivity index (χ4n) is 2.32. The van der Waals surface area contributed by atoms with Gasteiger partial charge in [-0.15, -0.1) is 0 Å². The molecule has 0 radical (unpaired) electrons. The minimum Gasteiger partial charge on any atom is -0.481 e. The van der Waals surface area contributed by atoms with Crippen LogP contribution in [-0.2, 0) is 4.79 Å². The Balaban J connectivity index is 1.95. The zero-order valence-corrected chi connectivity index (χ0v) is 14.3. The van der Waals surface area contributed by atoms with Crippen LogP contribution in [-0.4, -0.2) is 12.0 Å². The minimum atomic E-state index is -0.550. The van der Waals surface area contributed by atoms with Gasteiger partial charge in [-0.3, -0.25) is 4.79 Å². The number of amides is 1. The summed E-state index contributed by atoms with van der Waals surface area (Å²) in [6.45, 7) is 8.12. The molecule has 0 unspecified atom stereocenters. The van der Waals surface area contributed by atoms with Crippen LogP contribution in [0, 0.1) is 6.92 Å². The minimum absolute atomic E-state index is 0.150. The number of benzene rings is 2. The molecule has 0 aromatic heterocycles. The third-order valence-corrected chi connectivity index (χ3v) is 4.03. The summed E-state index contributed by atoms with van der Waals surface area (Å²) in [7, 11) is 0. The van der Waals surface area contributed by atoms with E-state index >= 15 is 0 Å². The topological polar surface area (TPSA) is 38.3 Å². The number of nitrogens with one attached hydrogen (secondary N) is 1. The highest BCUT2D eigenvalue weighted by atomic mass is 16.5. The van der Waals surface area contributed by atoms with E-state index in [9.17, 15) is 4.79 Å². The van der Waals surface area contributed by atoms with Crippen molar-refractivity contribution in [1.29, 1.82) is 0 Å². The SMILES string of the molecule is CC[C@H](C)c1ccc(NC(=O)[C@@H](C)Oc2cccc(C)c2)cc1. The predicted octanol–water partition coefficient (Wildman–Crippen LogP) is 4.91. The number of carbonyl (C=O) groups excluding carboxylic acids is 1. The van der Waals surface area contributed by atoms with Gasteiger partial charge < -0.3 is 10.1 Å². The second-order valence-electron chi connectivity index (χ2n) is 6.00. The Labute approximate surface area is 138 Å². The molecule has 2 atom stereocenters. The Kier molecular flexibility index (Phi) is 5.80. The molecule has 0 heterocycles. The summed E-state index contributed by atoms with van der Waals surface area (Å²) in [5, 5.41) is 2.90. The maximum atomic E-state index is 12.2. The van der Waals surface area contributed by atoms with Crippen LogP contribution in [0.15, 0.2) is 48.5 Å². The van der Waals surface area contributed by atoms with Gasteiger partial charge in [-0.25, -0.2) is 0 Å². The van der Waals surface area contributed by atoms with Crippen LogP contribution in [0.2, 0.25) is 0 Å².